The van der Waals surface area contributed by atoms with E-state index in [1.165, 1.54) is 6.07 Å². The van der Waals surface area contributed by atoms with Gasteiger partial charge in [-0.15, -0.1) is 0 Å². The molecule has 0 aromatic heterocycles. The lowest BCUT2D eigenvalue weighted by Crippen LogP contribution is -3.00. The first-order valence-electron chi connectivity index (χ1n) is 9.74. The summed E-state index contributed by atoms with van der Waals surface area (Å²) in [5, 5.41) is 10.2. The number of nitrogens with zero attached hydrogens (tertiary/aromatic N) is 1. The minimum atomic E-state index is -2.75. The van der Waals surface area contributed by atoms with Gasteiger partial charge in [-0.3, -0.25) is 4.79 Å². The molecule has 2 saturated carbocycles. The van der Waals surface area contributed by atoms with Crippen LogP contribution in [0.15, 0.2) is 24.3 Å². The van der Waals surface area contributed by atoms with Crippen LogP contribution in [0.5, 0.6) is 5.75 Å². The number of para-hydroxylation sites is 1. The van der Waals surface area contributed by atoms with Crippen molar-refractivity contribution in [1.82, 2.24) is 0 Å². The van der Waals surface area contributed by atoms with Crippen molar-refractivity contribution in [1.29, 1.82) is 0 Å². The van der Waals surface area contributed by atoms with Crippen LogP contribution in [0.3, 0.4) is 0 Å². The summed E-state index contributed by atoms with van der Waals surface area (Å²) in [6.07, 6.45) is 2.06. The van der Waals surface area contributed by atoms with E-state index in [2.05, 4.69) is 21.1 Å². The quantitative estimate of drug-likeness (QED) is 0.527. The molecule has 0 aliphatic heterocycles. The molecular weight excluding hydrogens is 432 g/mol. The number of aromatic hydroxyl groups is 1. The zero-order valence-corrected chi connectivity index (χ0v) is 18.3. The Morgan fingerprint density at radius 3 is 2.43 bits per heavy atom. The Morgan fingerprint density at radius 1 is 1.21 bits per heavy atom. The molecule has 1 unspecified atom stereocenters. The van der Waals surface area contributed by atoms with Gasteiger partial charge in [0.05, 0.1) is 33.1 Å². The Bertz CT molecular complexity index is 692. The molecule has 28 heavy (non-hydrogen) atoms. The smallest absolute Gasteiger partial charge is 0.314 e. The maximum absolute atomic E-state index is 13.8. The van der Waals surface area contributed by atoms with Crippen molar-refractivity contribution in [2.24, 2.45) is 5.92 Å². The highest BCUT2D eigenvalue weighted by atomic mass is 79.9. The molecule has 0 heterocycles. The third-order valence-electron chi connectivity index (χ3n) is 6.17. The van der Waals surface area contributed by atoms with Crippen molar-refractivity contribution >= 4 is 5.97 Å². The molecule has 0 radical (unpaired) electrons. The molecule has 1 aromatic carbocycles. The number of carbonyl (C=O) groups excluding carboxylic acids is 1. The molecule has 158 valence electrons. The van der Waals surface area contributed by atoms with E-state index in [1.54, 1.807) is 18.2 Å². The van der Waals surface area contributed by atoms with Crippen LogP contribution in [0.2, 0.25) is 0 Å². The number of benzene rings is 1. The number of quaternary nitrogens is 1. The maximum Gasteiger partial charge on any atom is 0.314 e. The predicted molar refractivity (Wildman–Crippen MR) is 98.7 cm³/mol. The first-order chi connectivity index (χ1) is 12.6. The predicted octanol–water partition coefficient (Wildman–Crippen LogP) is 1.09. The van der Waals surface area contributed by atoms with E-state index >= 15 is 0 Å². The molecule has 1 aromatic rings. The van der Waals surface area contributed by atoms with Gasteiger partial charge in [-0.25, -0.2) is 8.78 Å². The van der Waals surface area contributed by atoms with Crippen LogP contribution in [0, 0.1) is 5.92 Å². The lowest BCUT2D eigenvalue weighted by molar-refractivity contribution is -0.895. The number of hydrogen-bond acceptors (Lipinski definition) is 3. The monoisotopic (exact) mass is 461 g/mol. The summed E-state index contributed by atoms with van der Waals surface area (Å²) in [5.41, 5.74) is 0.395. The van der Waals surface area contributed by atoms with E-state index in [-0.39, 0.29) is 48.1 Å². The van der Waals surface area contributed by atoms with E-state index in [9.17, 15) is 18.7 Å². The molecule has 0 spiro atoms. The third-order valence-corrected chi connectivity index (χ3v) is 6.17. The molecule has 0 saturated heterocycles. The molecule has 0 amide bonds. The van der Waals surface area contributed by atoms with E-state index in [1.807, 2.05) is 0 Å². The number of alkyl halides is 2. The van der Waals surface area contributed by atoms with Gasteiger partial charge in [0, 0.05) is 31.2 Å². The number of ether oxygens (including phenoxy) is 1. The Kier molecular flexibility index (Phi) is 7.13. The second-order valence-corrected chi connectivity index (χ2v) is 9.04. The van der Waals surface area contributed by atoms with Gasteiger partial charge in [0.2, 0.25) is 5.92 Å². The first-order valence-corrected chi connectivity index (χ1v) is 9.74. The second-order valence-electron chi connectivity index (χ2n) is 9.04. The summed E-state index contributed by atoms with van der Waals surface area (Å²) >= 11 is 0. The van der Waals surface area contributed by atoms with Crippen LogP contribution in [0.1, 0.15) is 50.0 Å². The van der Waals surface area contributed by atoms with Gasteiger partial charge >= 0.3 is 5.97 Å². The van der Waals surface area contributed by atoms with Gasteiger partial charge in [0.25, 0.3) is 0 Å². The first kappa shape index (κ1) is 23.1. The molecule has 0 bridgehead atoms. The number of hydrogen-bond donors (Lipinski definition) is 1. The summed E-state index contributed by atoms with van der Waals surface area (Å²) in [6.45, 7) is 0. The number of phenols is 1. The van der Waals surface area contributed by atoms with Crippen LogP contribution >= 0.6 is 0 Å². The molecule has 2 aliphatic rings. The molecule has 2 fully saturated rings. The number of rotatable bonds is 5. The molecule has 2 aliphatic carbocycles. The van der Waals surface area contributed by atoms with Gasteiger partial charge in [0.15, 0.2) is 0 Å². The highest BCUT2D eigenvalue weighted by Gasteiger charge is 2.47. The Labute approximate surface area is 176 Å². The van der Waals surface area contributed by atoms with Crippen LogP contribution in [-0.2, 0) is 9.53 Å². The summed E-state index contributed by atoms with van der Waals surface area (Å²) in [7, 11) is 6.38. The fourth-order valence-electron chi connectivity index (χ4n) is 4.56. The summed E-state index contributed by atoms with van der Waals surface area (Å²) < 4.78 is 34.2. The summed E-state index contributed by atoms with van der Waals surface area (Å²) in [5.74, 6) is -4.63. The lowest BCUT2D eigenvalue weighted by atomic mass is 9.84. The van der Waals surface area contributed by atoms with Gasteiger partial charge in [-0.1, -0.05) is 18.2 Å². The summed E-state index contributed by atoms with van der Waals surface area (Å²) in [4.78, 5) is 13.0. The number of esters is 1. The van der Waals surface area contributed by atoms with Crippen molar-refractivity contribution < 1.29 is 44.9 Å². The number of phenolic OH excluding ortho intramolecular Hbond substituents is 1. The van der Waals surface area contributed by atoms with E-state index in [0.29, 0.717) is 11.6 Å². The third kappa shape index (κ3) is 5.23. The fourth-order valence-corrected chi connectivity index (χ4v) is 4.56. The van der Waals surface area contributed by atoms with Crippen LogP contribution in [0.4, 0.5) is 8.78 Å². The van der Waals surface area contributed by atoms with Crippen LogP contribution in [-0.4, -0.2) is 54.8 Å². The van der Waals surface area contributed by atoms with Crippen molar-refractivity contribution in [3.8, 4) is 5.75 Å². The van der Waals surface area contributed by atoms with Crippen LogP contribution in [0.25, 0.3) is 0 Å². The minimum absolute atomic E-state index is 0. The Morgan fingerprint density at radius 2 is 1.89 bits per heavy atom. The summed E-state index contributed by atoms with van der Waals surface area (Å²) in [6, 6.07) is 6.92. The normalized spacial score (nSPS) is 27.8. The van der Waals surface area contributed by atoms with Crippen molar-refractivity contribution in [3.05, 3.63) is 29.8 Å². The average Bonchev–Trinajstić information content (AvgIpc) is 3.16. The zero-order chi connectivity index (χ0) is 19.8. The van der Waals surface area contributed by atoms with E-state index in [0.717, 1.165) is 23.7 Å². The van der Waals surface area contributed by atoms with Gasteiger partial charge in [-0.05, 0) is 24.8 Å². The van der Waals surface area contributed by atoms with Crippen molar-refractivity contribution in [2.75, 3.05) is 21.1 Å². The second kappa shape index (κ2) is 8.66. The highest BCUT2D eigenvalue weighted by Crippen LogP contribution is 2.47. The molecule has 1 N–H and O–H groups in total. The van der Waals surface area contributed by atoms with Gasteiger partial charge in [-0.2, -0.15) is 0 Å². The standard InChI is InChI=1S/C21H29F2NO3.BrH/c1-24(2,3)15-8-9-16(12-15)27-20(26)19(14-10-11-21(22,23)13-14)17-6-4-5-7-18(17)25;/h4-7,14-16,19H,8-13H2,1-3H3;1H/t14-,15?,16-,19-;/m1./s1. The highest BCUT2D eigenvalue weighted by molar-refractivity contribution is 5.80. The molecule has 3 rings (SSSR count). The topological polar surface area (TPSA) is 46.5 Å². The SMILES string of the molecule is C[N+](C)(C)C1CC[C@@H](OC(=O)[C@@H](c2ccccc2O)[C@@H]2CCC(F)(F)C2)C1.[Br-]. The largest absolute Gasteiger partial charge is 1.00 e. The average molecular weight is 462 g/mol. The maximum atomic E-state index is 13.8. The zero-order valence-electron chi connectivity index (χ0n) is 16.7. The van der Waals surface area contributed by atoms with Crippen molar-refractivity contribution in [3.63, 3.8) is 0 Å². The number of carbonyl (C=O) groups is 1. The molecule has 7 heteroatoms. The Hall–Kier alpha value is -1.21. The van der Waals surface area contributed by atoms with E-state index < -0.39 is 23.7 Å². The van der Waals surface area contributed by atoms with Crippen molar-refractivity contribution in [2.45, 2.75) is 62.5 Å². The van der Waals surface area contributed by atoms with E-state index in [4.69, 9.17) is 4.74 Å². The molecule has 4 nitrogen and oxygen atoms in total. The minimum Gasteiger partial charge on any atom is -1.00 e. The number of halogens is 3. The molecular formula is C21H30BrF2NO3. The Balaban J connectivity index is 0.00000280. The van der Waals surface area contributed by atoms with Gasteiger partial charge in [0.1, 0.15) is 11.9 Å². The fraction of sp³-hybridized carbons (Fsp3) is 0.667. The van der Waals surface area contributed by atoms with Gasteiger partial charge < -0.3 is 31.3 Å². The van der Waals surface area contributed by atoms with Crippen LogP contribution < -0.4 is 17.0 Å². The lowest BCUT2D eigenvalue weighted by Gasteiger charge is -2.31. The molecule has 4 atom stereocenters.